The lowest BCUT2D eigenvalue weighted by Crippen LogP contribution is -2.50. The monoisotopic (exact) mass is 480 g/mol. The van der Waals surface area contributed by atoms with Crippen molar-refractivity contribution in [2.45, 2.75) is 19.1 Å². The molecule has 182 valence electrons. The number of ether oxygens (including phenoxy) is 2. The Labute approximate surface area is 201 Å². The normalized spacial score (nSPS) is 15.9. The van der Waals surface area contributed by atoms with Crippen molar-refractivity contribution >= 4 is 11.7 Å². The number of amides is 1. The van der Waals surface area contributed by atoms with Crippen molar-refractivity contribution < 1.29 is 23.0 Å². The number of rotatable bonds is 6. The molecule has 3 N–H and O–H groups in total. The van der Waals surface area contributed by atoms with E-state index in [0.717, 1.165) is 18.7 Å². The minimum Gasteiger partial charge on any atom is -0.496 e. The summed E-state index contributed by atoms with van der Waals surface area (Å²) in [5.74, 6) is -1.11. The van der Waals surface area contributed by atoms with Gasteiger partial charge in [-0.15, -0.1) is 0 Å². The van der Waals surface area contributed by atoms with Gasteiger partial charge in [0.2, 0.25) is 5.95 Å². The number of nitrogens with zero attached hydrogens (tertiary/aromatic N) is 2. The topological polar surface area (TPSA) is 89.7 Å². The highest BCUT2D eigenvalue weighted by Gasteiger charge is 2.27. The molecule has 0 spiro atoms. The first-order valence-corrected chi connectivity index (χ1v) is 11.4. The summed E-state index contributed by atoms with van der Waals surface area (Å²) < 4.78 is 40.9. The molecule has 3 aromatic rings. The van der Waals surface area contributed by atoms with Crippen molar-refractivity contribution in [3.8, 4) is 28.0 Å². The summed E-state index contributed by atoms with van der Waals surface area (Å²) in [4.78, 5) is 18.2. The molecule has 0 aliphatic carbocycles. The van der Waals surface area contributed by atoms with Gasteiger partial charge in [0.05, 0.1) is 13.2 Å². The number of likely N-dealkylation sites (tertiary alicyclic amines) is 1. The zero-order valence-corrected chi connectivity index (χ0v) is 19.5. The molecule has 0 radical (unpaired) electrons. The van der Waals surface area contributed by atoms with Gasteiger partial charge in [0.1, 0.15) is 17.4 Å². The van der Waals surface area contributed by atoms with E-state index >= 15 is 8.78 Å². The van der Waals surface area contributed by atoms with Crippen LogP contribution in [-0.4, -0.2) is 55.7 Å². The van der Waals surface area contributed by atoms with Crippen LogP contribution in [0.25, 0.3) is 22.3 Å². The van der Waals surface area contributed by atoms with E-state index in [1.807, 2.05) is 6.07 Å². The maximum Gasteiger partial charge on any atom is 0.251 e. The minimum absolute atomic E-state index is 0.120. The third-order valence-electron chi connectivity index (χ3n) is 6.66. The highest BCUT2D eigenvalue weighted by molar-refractivity contribution is 5.97. The summed E-state index contributed by atoms with van der Waals surface area (Å²) >= 11 is 0. The fourth-order valence-corrected chi connectivity index (χ4v) is 4.68. The number of pyridine rings is 1. The fraction of sp³-hybridized carbons (Fsp3) is 0.308. The van der Waals surface area contributed by atoms with E-state index in [9.17, 15) is 4.79 Å². The second-order valence-electron chi connectivity index (χ2n) is 8.83. The highest BCUT2D eigenvalue weighted by Crippen LogP contribution is 2.36. The van der Waals surface area contributed by atoms with Gasteiger partial charge in [-0.25, -0.2) is 9.37 Å². The van der Waals surface area contributed by atoms with E-state index in [2.05, 4.69) is 15.2 Å². The van der Waals surface area contributed by atoms with E-state index in [4.69, 9.17) is 15.2 Å². The number of fused-ring (bicyclic) bond motifs is 1. The van der Waals surface area contributed by atoms with Gasteiger partial charge in [-0.2, -0.15) is 4.39 Å². The van der Waals surface area contributed by atoms with Crippen molar-refractivity contribution in [1.82, 2.24) is 15.2 Å². The molecule has 1 amide bonds. The number of hydrogen-bond acceptors (Lipinski definition) is 6. The van der Waals surface area contributed by atoms with E-state index in [0.29, 0.717) is 42.0 Å². The van der Waals surface area contributed by atoms with Crippen LogP contribution in [0.4, 0.5) is 14.6 Å². The smallest absolute Gasteiger partial charge is 0.251 e. The number of hydrogen-bond donors (Lipinski definition) is 2. The van der Waals surface area contributed by atoms with E-state index in [1.165, 1.54) is 12.1 Å². The third kappa shape index (κ3) is 4.33. The van der Waals surface area contributed by atoms with Gasteiger partial charge in [0, 0.05) is 61.1 Å². The molecule has 0 atom stereocenters. The second-order valence-corrected chi connectivity index (χ2v) is 8.83. The molecular weight excluding hydrogens is 454 g/mol. The first kappa shape index (κ1) is 23.2. The van der Waals surface area contributed by atoms with Crippen molar-refractivity contribution in [3.05, 3.63) is 64.9 Å². The Kier molecular flexibility index (Phi) is 6.12. The van der Waals surface area contributed by atoms with Gasteiger partial charge in [-0.3, -0.25) is 9.69 Å². The van der Waals surface area contributed by atoms with Gasteiger partial charge in [0.25, 0.3) is 5.91 Å². The van der Waals surface area contributed by atoms with Crippen molar-refractivity contribution in [2.75, 3.05) is 39.6 Å². The molecule has 5 rings (SSSR count). The molecule has 1 fully saturated rings. The van der Waals surface area contributed by atoms with Crippen LogP contribution < -0.4 is 15.8 Å². The molecule has 0 saturated carbocycles. The second kappa shape index (κ2) is 9.24. The Balaban J connectivity index is 1.54. The Morgan fingerprint density at radius 3 is 2.63 bits per heavy atom. The van der Waals surface area contributed by atoms with Gasteiger partial charge in [-0.1, -0.05) is 6.07 Å². The summed E-state index contributed by atoms with van der Waals surface area (Å²) in [5, 5.41) is 2.70. The number of benzene rings is 2. The summed E-state index contributed by atoms with van der Waals surface area (Å²) in [6.45, 7) is 2.70. The van der Waals surface area contributed by atoms with Gasteiger partial charge in [-0.05, 0) is 47.9 Å². The fourth-order valence-electron chi connectivity index (χ4n) is 4.68. The van der Waals surface area contributed by atoms with Crippen LogP contribution in [0, 0.1) is 11.8 Å². The Bertz CT molecular complexity index is 1310. The minimum atomic E-state index is -0.747. The molecule has 2 aliphatic rings. The van der Waals surface area contributed by atoms with Crippen LogP contribution in [0.2, 0.25) is 0 Å². The van der Waals surface area contributed by atoms with Crippen LogP contribution in [0.5, 0.6) is 5.75 Å². The van der Waals surface area contributed by atoms with Crippen molar-refractivity contribution in [2.24, 2.45) is 0 Å². The first-order valence-electron chi connectivity index (χ1n) is 11.4. The molecule has 3 heterocycles. The number of nitrogens with one attached hydrogen (secondary N) is 1. The summed E-state index contributed by atoms with van der Waals surface area (Å²) in [6, 6.07) is 9.70. The number of aromatic nitrogens is 1. The average molecular weight is 481 g/mol. The van der Waals surface area contributed by atoms with Crippen molar-refractivity contribution in [3.63, 3.8) is 0 Å². The van der Waals surface area contributed by atoms with Gasteiger partial charge >= 0.3 is 0 Å². The lowest BCUT2D eigenvalue weighted by atomic mass is 9.93. The molecule has 9 heteroatoms. The number of nitrogens with two attached hydrogens (primary N) is 1. The van der Waals surface area contributed by atoms with Crippen LogP contribution in [0.1, 0.15) is 21.5 Å². The van der Waals surface area contributed by atoms with E-state index in [-0.39, 0.29) is 34.5 Å². The Morgan fingerprint density at radius 2 is 1.89 bits per heavy atom. The molecule has 7 nitrogen and oxygen atoms in total. The van der Waals surface area contributed by atoms with Crippen LogP contribution in [0.3, 0.4) is 0 Å². The molecule has 35 heavy (non-hydrogen) atoms. The first-order chi connectivity index (χ1) is 16.9. The predicted molar refractivity (Wildman–Crippen MR) is 128 cm³/mol. The number of carbonyl (C=O) groups excluding carboxylic acids is 1. The van der Waals surface area contributed by atoms with Gasteiger partial charge < -0.3 is 20.5 Å². The molecule has 2 aliphatic heterocycles. The quantitative estimate of drug-likeness (QED) is 0.526. The SMILES string of the molecule is COc1ccc(-c2cc(-c3cc4c(cc3F)C(=O)NCC4)c(N)nc2F)cc1CN1CC(OC)C1. The number of anilines is 1. The zero-order chi connectivity index (χ0) is 24.7. The van der Waals surface area contributed by atoms with E-state index in [1.54, 1.807) is 32.4 Å². The standard InChI is InChI=1S/C26H26F2N4O3/c1-34-17-12-32(13-17)11-16-7-14(3-4-23(16)35-2)18-9-21(25(29)31-24(18)28)20-8-15-5-6-30-26(33)19(15)10-22(20)27/h3-4,7-10,17H,5-6,11-13H2,1-2H3,(H2,29,31)(H,30,33). The van der Waals surface area contributed by atoms with Crippen LogP contribution in [0.15, 0.2) is 36.4 Å². The average Bonchev–Trinajstić information content (AvgIpc) is 2.81. The molecule has 1 aromatic heterocycles. The largest absolute Gasteiger partial charge is 0.496 e. The third-order valence-corrected chi connectivity index (χ3v) is 6.66. The Hall–Kier alpha value is -3.56. The van der Waals surface area contributed by atoms with E-state index < -0.39 is 11.8 Å². The Morgan fingerprint density at radius 1 is 1.09 bits per heavy atom. The highest BCUT2D eigenvalue weighted by atomic mass is 19.1. The van der Waals surface area contributed by atoms with Gasteiger partial charge in [0.15, 0.2) is 0 Å². The van der Waals surface area contributed by atoms with Crippen LogP contribution in [-0.2, 0) is 17.7 Å². The number of carbonyl (C=O) groups is 1. The summed E-state index contributed by atoms with van der Waals surface area (Å²) in [7, 11) is 3.28. The molecule has 0 bridgehead atoms. The maximum atomic E-state index is 15.1. The molecule has 2 aromatic carbocycles. The number of halogens is 2. The maximum absolute atomic E-state index is 15.1. The lowest BCUT2D eigenvalue weighted by molar-refractivity contribution is -0.0336. The summed E-state index contributed by atoms with van der Waals surface area (Å²) in [5.41, 5.74) is 9.17. The van der Waals surface area contributed by atoms with Crippen LogP contribution >= 0.6 is 0 Å². The summed E-state index contributed by atoms with van der Waals surface area (Å²) in [6.07, 6.45) is 0.779. The molecule has 1 saturated heterocycles. The zero-order valence-electron chi connectivity index (χ0n) is 19.5. The number of nitrogen functional groups attached to an aromatic ring is 1. The predicted octanol–water partition coefficient (Wildman–Crippen LogP) is 3.40. The molecular formula is C26H26F2N4O3. The molecule has 0 unspecified atom stereocenters. The number of methoxy groups -OCH3 is 2. The van der Waals surface area contributed by atoms with Crippen molar-refractivity contribution in [1.29, 1.82) is 0 Å². The lowest BCUT2D eigenvalue weighted by Gasteiger charge is -2.38.